The largest absolute Gasteiger partial charge is 0.493 e. The molecule has 0 aliphatic carbocycles. The first-order chi connectivity index (χ1) is 11.5. The van der Waals surface area contributed by atoms with E-state index in [-0.39, 0.29) is 23.7 Å². The molecule has 9 nitrogen and oxygen atoms in total. The lowest BCUT2D eigenvalue weighted by Crippen LogP contribution is -2.60. The summed E-state index contributed by atoms with van der Waals surface area (Å²) >= 11 is 0. The summed E-state index contributed by atoms with van der Waals surface area (Å²) in [4.78, 5) is 0. The van der Waals surface area contributed by atoms with E-state index in [9.17, 15) is 30.6 Å². The van der Waals surface area contributed by atoms with Gasteiger partial charge in [-0.15, -0.1) is 0 Å². The molecule has 2 rings (SSSR count). The average Bonchev–Trinajstić information content (AvgIpc) is 2.61. The minimum Gasteiger partial charge on any atom is -0.493 e. The third-order valence-electron chi connectivity index (χ3n) is 3.85. The van der Waals surface area contributed by atoms with Crippen molar-refractivity contribution in [3.8, 4) is 11.5 Å². The Hall–Kier alpha value is -1.46. The van der Waals surface area contributed by atoms with Crippen LogP contribution in [0.2, 0.25) is 0 Å². The number of rotatable bonds is 6. The van der Waals surface area contributed by atoms with Crippen LogP contribution in [0, 0.1) is 0 Å². The van der Waals surface area contributed by atoms with Gasteiger partial charge in [-0.1, -0.05) is 0 Å². The van der Waals surface area contributed by atoms with Crippen LogP contribution in [0.25, 0.3) is 0 Å². The lowest BCUT2D eigenvalue weighted by Gasteiger charge is -2.39. The summed E-state index contributed by atoms with van der Waals surface area (Å²) < 4.78 is 16.0. The second-order valence-corrected chi connectivity index (χ2v) is 5.42. The fraction of sp³-hybridized carbons (Fsp3) is 0.600. The summed E-state index contributed by atoms with van der Waals surface area (Å²) in [5, 5.41) is 57.5. The van der Waals surface area contributed by atoms with Crippen molar-refractivity contribution in [1.82, 2.24) is 0 Å². The van der Waals surface area contributed by atoms with Gasteiger partial charge < -0.3 is 44.8 Å². The highest BCUT2D eigenvalue weighted by Gasteiger charge is 2.45. The number of methoxy groups -OCH3 is 1. The number of aliphatic hydroxyl groups excluding tert-OH is 6. The van der Waals surface area contributed by atoms with Crippen LogP contribution >= 0.6 is 0 Å². The lowest BCUT2D eigenvalue weighted by atomic mass is 9.99. The molecule has 0 aromatic heterocycles. The molecule has 9 heteroatoms. The summed E-state index contributed by atoms with van der Waals surface area (Å²) in [7, 11) is 1.36. The SMILES string of the molecule is COc1cc(CO)cc(CO)c1OC1OC(CO)C(O)C(O)C1O. The lowest BCUT2D eigenvalue weighted by molar-refractivity contribution is -0.277. The van der Waals surface area contributed by atoms with Crippen molar-refractivity contribution < 1.29 is 44.8 Å². The zero-order chi connectivity index (χ0) is 17.9. The maximum atomic E-state index is 10.0. The van der Waals surface area contributed by atoms with Crippen LogP contribution in [-0.4, -0.2) is 75.1 Å². The van der Waals surface area contributed by atoms with Crippen LogP contribution in [0.5, 0.6) is 11.5 Å². The molecule has 1 heterocycles. The molecule has 1 aromatic rings. The highest BCUT2D eigenvalue weighted by molar-refractivity contribution is 5.49. The molecule has 0 amide bonds. The van der Waals surface area contributed by atoms with E-state index in [4.69, 9.17) is 14.2 Å². The molecule has 1 aromatic carbocycles. The van der Waals surface area contributed by atoms with Crippen molar-refractivity contribution in [2.24, 2.45) is 0 Å². The van der Waals surface area contributed by atoms with Crippen molar-refractivity contribution in [2.45, 2.75) is 43.9 Å². The summed E-state index contributed by atoms with van der Waals surface area (Å²) in [6.45, 7) is -1.29. The van der Waals surface area contributed by atoms with E-state index in [1.165, 1.54) is 19.2 Å². The van der Waals surface area contributed by atoms with Crippen LogP contribution in [0.4, 0.5) is 0 Å². The Bertz CT molecular complexity index is 523. The number of ether oxygens (including phenoxy) is 3. The normalized spacial score (nSPS) is 30.2. The van der Waals surface area contributed by atoms with Crippen molar-refractivity contribution in [3.63, 3.8) is 0 Å². The van der Waals surface area contributed by atoms with Crippen molar-refractivity contribution >= 4 is 0 Å². The Balaban J connectivity index is 2.32. The standard InChI is InChI=1S/C15H22O9/c1-22-9-3-7(4-16)2-8(5-17)14(9)24-15-13(21)12(20)11(19)10(6-18)23-15/h2-3,10-13,15-21H,4-6H2,1H3. The van der Waals surface area contributed by atoms with Gasteiger partial charge in [-0.05, 0) is 17.7 Å². The first kappa shape index (κ1) is 18.9. The Morgan fingerprint density at radius 2 is 1.71 bits per heavy atom. The number of hydrogen-bond acceptors (Lipinski definition) is 9. The molecule has 1 aliphatic rings. The van der Waals surface area contributed by atoms with Crippen molar-refractivity contribution in [2.75, 3.05) is 13.7 Å². The number of benzene rings is 1. The molecule has 5 atom stereocenters. The van der Waals surface area contributed by atoms with Gasteiger partial charge >= 0.3 is 0 Å². The van der Waals surface area contributed by atoms with Gasteiger partial charge in [0.15, 0.2) is 11.5 Å². The zero-order valence-corrected chi connectivity index (χ0v) is 13.1. The quantitative estimate of drug-likeness (QED) is 0.339. The highest BCUT2D eigenvalue weighted by atomic mass is 16.7. The van der Waals surface area contributed by atoms with E-state index in [2.05, 4.69) is 0 Å². The predicted molar refractivity (Wildman–Crippen MR) is 79.2 cm³/mol. The number of hydrogen-bond donors (Lipinski definition) is 6. The smallest absolute Gasteiger partial charge is 0.229 e. The van der Waals surface area contributed by atoms with E-state index in [0.29, 0.717) is 5.56 Å². The second kappa shape index (κ2) is 8.08. The van der Waals surface area contributed by atoms with Crippen LogP contribution in [0.3, 0.4) is 0 Å². The molecular formula is C15H22O9. The molecule has 5 unspecified atom stereocenters. The monoisotopic (exact) mass is 346 g/mol. The highest BCUT2D eigenvalue weighted by Crippen LogP contribution is 2.35. The molecule has 1 aliphatic heterocycles. The van der Waals surface area contributed by atoms with E-state index < -0.39 is 43.9 Å². The van der Waals surface area contributed by atoms with Gasteiger partial charge in [0, 0.05) is 5.56 Å². The second-order valence-electron chi connectivity index (χ2n) is 5.42. The first-order valence-electron chi connectivity index (χ1n) is 7.35. The first-order valence-corrected chi connectivity index (χ1v) is 7.35. The molecule has 0 spiro atoms. The third kappa shape index (κ3) is 3.62. The van der Waals surface area contributed by atoms with Gasteiger partial charge in [0.25, 0.3) is 0 Å². The van der Waals surface area contributed by atoms with Crippen LogP contribution in [-0.2, 0) is 18.0 Å². The van der Waals surface area contributed by atoms with Gasteiger partial charge in [-0.2, -0.15) is 0 Å². The number of aliphatic hydroxyl groups is 6. The summed E-state index contributed by atoms with van der Waals surface area (Å²) in [5.41, 5.74) is 0.757. The fourth-order valence-electron chi connectivity index (χ4n) is 2.50. The minimum absolute atomic E-state index is 0.0570. The molecule has 0 bridgehead atoms. The molecule has 0 radical (unpaired) electrons. The third-order valence-corrected chi connectivity index (χ3v) is 3.85. The topological polar surface area (TPSA) is 149 Å². The van der Waals surface area contributed by atoms with Crippen LogP contribution in [0.1, 0.15) is 11.1 Å². The van der Waals surface area contributed by atoms with E-state index in [1.807, 2.05) is 0 Å². The predicted octanol–water partition coefficient (Wildman–Crippen LogP) is -2.14. The van der Waals surface area contributed by atoms with Crippen molar-refractivity contribution in [1.29, 1.82) is 0 Å². The van der Waals surface area contributed by atoms with Crippen molar-refractivity contribution in [3.05, 3.63) is 23.3 Å². The Morgan fingerprint density at radius 1 is 1.00 bits per heavy atom. The minimum atomic E-state index is -1.59. The Morgan fingerprint density at radius 3 is 2.25 bits per heavy atom. The van der Waals surface area contributed by atoms with Crippen LogP contribution < -0.4 is 9.47 Å². The molecule has 1 fully saturated rings. The Kier molecular flexibility index (Phi) is 6.35. The maximum absolute atomic E-state index is 10.0. The van der Waals surface area contributed by atoms with Gasteiger partial charge in [0.05, 0.1) is 26.9 Å². The molecule has 1 saturated heterocycles. The van der Waals surface area contributed by atoms with E-state index in [0.717, 1.165) is 0 Å². The summed E-state index contributed by atoms with van der Waals surface area (Å²) in [5.74, 6) is 0.240. The van der Waals surface area contributed by atoms with Crippen LogP contribution in [0.15, 0.2) is 12.1 Å². The van der Waals surface area contributed by atoms with E-state index in [1.54, 1.807) is 0 Å². The summed E-state index contributed by atoms with van der Waals surface area (Å²) in [6.07, 6.45) is -7.19. The summed E-state index contributed by atoms with van der Waals surface area (Å²) in [6, 6.07) is 2.97. The van der Waals surface area contributed by atoms with E-state index >= 15 is 0 Å². The molecule has 136 valence electrons. The average molecular weight is 346 g/mol. The molecule has 24 heavy (non-hydrogen) atoms. The fourth-order valence-corrected chi connectivity index (χ4v) is 2.50. The Labute approximate surface area is 138 Å². The van der Waals surface area contributed by atoms with Gasteiger partial charge in [-0.3, -0.25) is 0 Å². The van der Waals surface area contributed by atoms with Gasteiger partial charge in [0.2, 0.25) is 6.29 Å². The molecule has 6 N–H and O–H groups in total. The molecule has 0 saturated carbocycles. The maximum Gasteiger partial charge on any atom is 0.229 e. The van der Waals surface area contributed by atoms with Gasteiger partial charge in [-0.25, -0.2) is 0 Å². The molecular weight excluding hydrogens is 324 g/mol. The zero-order valence-electron chi connectivity index (χ0n) is 13.1. The van der Waals surface area contributed by atoms with Gasteiger partial charge in [0.1, 0.15) is 24.4 Å².